The largest absolute Gasteiger partial charge is 0.373 e. The third kappa shape index (κ3) is 2.96. The average Bonchev–Trinajstić information content (AvgIpc) is 2.59. The summed E-state index contributed by atoms with van der Waals surface area (Å²) < 4.78 is 5.46. The van der Waals surface area contributed by atoms with Crippen molar-refractivity contribution in [1.82, 2.24) is 0 Å². The number of unbranched alkanes of at least 4 members (excludes halogenated alkanes) is 1. The number of morpholine rings is 1. The van der Waals surface area contributed by atoms with Gasteiger partial charge in [0.2, 0.25) is 0 Å². The van der Waals surface area contributed by atoms with Crippen LogP contribution in [-0.4, -0.2) is 26.3 Å². The highest BCUT2D eigenvalue weighted by Gasteiger charge is 2.30. The predicted molar refractivity (Wildman–Crippen MR) is 86.0 cm³/mol. The van der Waals surface area contributed by atoms with E-state index < -0.39 is 0 Å². The van der Waals surface area contributed by atoms with Gasteiger partial charge in [0.15, 0.2) is 0 Å². The van der Waals surface area contributed by atoms with Crippen LogP contribution in [0.15, 0.2) is 0 Å². The van der Waals surface area contributed by atoms with Crippen LogP contribution in [0, 0.1) is 11.3 Å². The molecule has 3 rings (SSSR count). The molecular weight excluding hydrogens is 274 g/mol. The Morgan fingerprint density at radius 1 is 1.18 bits per heavy atom. The van der Waals surface area contributed by atoms with Crippen LogP contribution in [0.1, 0.15) is 55.0 Å². The number of anilines is 1. The molecule has 1 saturated heterocycles. The van der Waals surface area contributed by atoms with Crippen LogP contribution in [0.5, 0.6) is 0 Å². The zero-order valence-electron chi connectivity index (χ0n) is 13.6. The van der Waals surface area contributed by atoms with E-state index in [1.165, 1.54) is 42.5 Å². The monoisotopic (exact) mass is 300 g/mol. The molecule has 2 heterocycles. The van der Waals surface area contributed by atoms with Crippen molar-refractivity contribution >= 4 is 5.82 Å². The van der Waals surface area contributed by atoms with E-state index in [2.05, 4.69) is 22.9 Å². The van der Waals surface area contributed by atoms with Crippen LogP contribution >= 0.6 is 0 Å². The fourth-order valence-electron chi connectivity index (χ4n) is 3.65. The lowest BCUT2D eigenvalue weighted by molar-refractivity contribution is -0.378. The van der Waals surface area contributed by atoms with Gasteiger partial charge in [-0.25, -0.2) is 4.98 Å². The molecule has 4 heteroatoms. The summed E-state index contributed by atoms with van der Waals surface area (Å²) in [6.07, 6.45) is 8.16. The number of nitrogens with zero attached hydrogens (tertiary/aromatic N) is 2. The fourth-order valence-corrected chi connectivity index (χ4v) is 3.65. The summed E-state index contributed by atoms with van der Waals surface area (Å²) in [5.74, 6) is 1.04. The van der Waals surface area contributed by atoms with Gasteiger partial charge in [0.25, 0.3) is 5.82 Å². The first kappa shape index (κ1) is 15.3. The molecule has 1 aliphatic heterocycles. The second-order valence-electron chi connectivity index (χ2n) is 6.31. The minimum atomic E-state index is 0.750. The van der Waals surface area contributed by atoms with Crippen molar-refractivity contribution in [2.75, 3.05) is 31.2 Å². The Hall–Kier alpha value is -1.60. The highest BCUT2D eigenvalue weighted by Crippen LogP contribution is 2.30. The van der Waals surface area contributed by atoms with Gasteiger partial charge in [-0.15, -0.1) is 0 Å². The van der Waals surface area contributed by atoms with Crippen molar-refractivity contribution in [3.05, 3.63) is 22.4 Å². The molecule has 4 nitrogen and oxygen atoms in total. The van der Waals surface area contributed by atoms with E-state index in [4.69, 9.17) is 4.74 Å². The number of ether oxygens (including phenoxy) is 1. The molecule has 1 aromatic heterocycles. The van der Waals surface area contributed by atoms with Gasteiger partial charge >= 0.3 is 0 Å². The number of hydrogen-bond acceptors (Lipinski definition) is 3. The molecular formula is C18H26N3O+. The molecule has 1 fully saturated rings. The lowest BCUT2D eigenvalue weighted by Crippen LogP contribution is -2.41. The number of hydrogen-bond donors (Lipinski definition) is 0. The minimum absolute atomic E-state index is 0.750. The maximum Gasteiger partial charge on any atom is 0.293 e. The van der Waals surface area contributed by atoms with E-state index in [-0.39, 0.29) is 0 Å². The first-order chi connectivity index (χ1) is 10.8. The van der Waals surface area contributed by atoms with Gasteiger partial charge in [-0.3, -0.25) is 4.90 Å². The Morgan fingerprint density at radius 2 is 1.91 bits per heavy atom. The van der Waals surface area contributed by atoms with E-state index in [0.717, 1.165) is 56.9 Å². The summed E-state index contributed by atoms with van der Waals surface area (Å²) >= 11 is 0. The molecule has 0 aromatic carbocycles. The van der Waals surface area contributed by atoms with Gasteiger partial charge in [-0.05, 0) is 43.2 Å². The number of aromatic amines is 1. The van der Waals surface area contributed by atoms with Crippen molar-refractivity contribution < 1.29 is 9.72 Å². The third-order valence-corrected chi connectivity index (χ3v) is 4.86. The summed E-state index contributed by atoms with van der Waals surface area (Å²) in [5.41, 5.74) is 5.02. The third-order valence-electron chi connectivity index (χ3n) is 4.86. The fraction of sp³-hybridized carbons (Fsp3) is 0.667. The van der Waals surface area contributed by atoms with Crippen LogP contribution in [0.25, 0.3) is 0 Å². The lowest BCUT2D eigenvalue weighted by Gasteiger charge is -2.26. The lowest BCUT2D eigenvalue weighted by atomic mass is 9.86. The maximum absolute atomic E-state index is 9.74. The van der Waals surface area contributed by atoms with Crippen LogP contribution in [0.4, 0.5) is 5.82 Å². The molecule has 1 N–H and O–H groups in total. The Kier molecular flexibility index (Phi) is 4.94. The van der Waals surface area contributed by atoms with Crippen molar-refractivity contribution in [1.29, 1.82) is 5.26 Å². The van der Waals surface area contributed by atoms with Gasteiger partial charge in [-0.1, -0.05) is 13.3 Å². The van der Waals surface area contributed by atoms with E-state index in [0.29, 0.717) is 0 Å². The number of aryl methyl sites for hydroxylation is 1. The van der Waals surface area contributed by atoms with Crippen molar-refractivity contribution in [3.8, 4) is 6.07 Å². The Bertz CT molecular complexity index is 571. The quantitative estimate of drug-likeness (QED) is 0.858. The molecule has 0 bridgehead atoms. The van der Waals surface area contributed by atoms with E-state index in [9.17, 15) is 5.26 Å². The number of nitriles is 1. The molecule has 0 amide bonds. The second-order valence-corrected chi connectivity index (χ2v) is 6.31. The number of nitrogens with one attached hydrogen (secondary N) is 1. The Morgan fingerprint density at radius 3 is 2.59 bits per heavy atom. The predicted octanol–water partition coefficient (Wildman–Crippen LogP) is 2.43. The van der Waals surface area contributed by atoms with E-state index in [1.54, 1.807) is 0 Å². The van der Waals surface area contributed by atoms with Crippen LogP contribution in [0.3, 0.4) is 0 Å². The highest BCUT2D eigenvalue weighted by atomic mass is 16.5. The van der Waals surface area contributed by atoms with Gasteiger partial charge in [-0.2, -0.15) is 5.26 Å². The van der Waals surface area contributed by atoms with Crippen molar-refractivity contribution in [3.63, 3.8) is 0 Å². The smallest absolute Gasteiger partial charge is 0.293 e. The summed E-state index contributed by atoms with van der Waals surface area (Å²) in [5, 5.41) is 9.74. The number of fused-ring (bicyclic) bond motifs is 1. The number of rotatable bonds is 4. The SMILES string of the molecule is CCCCc1[nH+]c(N2CCOCC2)c(C#N)c2c1CCCC2. The Balaban J connectivity index is 2.05. The molecule has 0 spiro atoms. The van der Waals surface area contributed by atoms with E-state index in [1.807, 2.05) is 0 Å². The first-order valence-electron chi connectivity index (χ1n) is 8.67. The first-order valence-corrected chi connectivity index (χ1v) is 8.67. The van der Waals surface area contributed by atoms with Gasteiger partial charge in [0.1, 0.15) is 30.4 Å². The van der Waals surface area contributed by atoms with Gasteiger partial charge in [0, 0.05) is 6.42 Å². The van der Waals surface area contributed by atoms with Gasteiger partial charge in [0.05, 0.1) is 13.2 Å². The normalized spacial score (nSPS) is 17.9. The summed E-state index contributed by atoms with van der Waals surface area (Å²) in [6, 6.07) is 2.49. The van der Waals surface area contributed by atoms with Crippen LogP contribution in [0.2, 0.25) is 0 Å². The van der Waals surface area contributed by atoms with Crippen LogP contribution in [-0.2, 0) is 24.0 Å². The standard InChI is InChI=1S/C18H25N3O/c1-2-3-8-17-15-7-5-4-6-14(15)16(13-19)18(20-17)21-9-11-22-12-10-21/h2-12H2,1H3/p+1. The highest BCUT2D eigenvalue weighted by molar-refractivity contribution is 5.58. The van der Waals surface area contributed by atoms with Gasteiger partial charge < -0.3 is 4.74 Å². The summed E-state index contributed by atoms with van der Waals surface area (Å²) in [7, 11) is 0. The van der Waals surface area contributed by atoms with Crippen LogP contribution < -0.4 is 9.88 Å². The molecule has 2 aliphatic rings. The number of pyridine rings is 1. The summed E-state index contributed by atoms with van der Waals surface area (Å²) in [6.45, 7) is 5.48. The second kappa shape index (κ2) is 7.11. The zero-order chi connectivity index (χ0) is 15.4. The molecule has 1 aliphatic carbocycles. The zero-order valence-corrected chi connectivity index (χ0v) is 13.6. The van der Waals surface area contributed by atoms with Crippen molar-refractivity contribution in [2.45, 2.75) is 51.9 Å². The molecule has 22 heavy (non-hydrogen) atoms. The Labute approximate surface area is 133 Å². The molecule has 0 unspecified atom stereocenters. The van der Waals surface area contributed by atoms with Crippen molar-refractivity contribution in [2.24, 2.45) is 0 Å². The van der Waals surface area contributed by atoms with E-state index >= 15 is 0 Å². The summed E-state index contributed by atoms with van der Waals surface area (Å²) in [4.78, 5) is 5.94. The number of aromatic nitrogens is 1. The maximum atomic E-state index is 9.74. The average molecular weight is 300 g/mol. The molecule has 0 atom stereocenters. The number of H-pyrrole nitrogens is 1. The molecule has 1 aromatic rings. The molecule has 0 radical (unpaired) electrons. The minimum Gasteiger partial charge on any atom is -0.373 e. The molecule has 118 valence electrons. The topological polar surface area (TPSA) is 50.4 Å². The molecule has 0 saturated carbocycles.